The summed E-state index contributed by atoms with van der Waals surface area (Å²) >= 11 is 0. The Bertz CT molecular complexity index is 2510. The van der Waals surface area contributed by atoms with Crippen LogP contribution in [0.3, 0.4) is 0 Å². The summed E-state index contributed by atoms with van der Waals surface area (Å²) in [6.45, 7) is 14.6. The summed E-state index contributed by atoms with van der Waals surface area (Å²) in [5.74, 6) is -1.18. The van der Waals surface area contributed by atoms with Gasteiger partial charge in [0.1, 0.15) is 102 Å². The van der Waals surface area contributed by atoms with E-state index in [1.165, 1.54) is 21.0 Å². The van der Waals surface area contributed by atoms with Crippen molar-refractivity contribution in [3.8, 4) is 0 Å². The zero-order chi connectivity index (χ0) is 61.8. The number of aliphatic hydroxyl groups excluding tert-OH is 10. The molecular formula is C56H89NaO27S. The number of carbonyl (C=O) groups excluding carboxylic acids is 2. The Morgan fingerprint density at radius 1 is 0.729 bits per heavy atom. The number of allylic oxidation sites excluding steroid dienone is 1. The van der Waals surface area contributed by atoms with Gasteiger partial charge in [-0.3, -0.25) is 13.8 Å². The smallest absolute Gasteiger partial charge is 0.726 e. The zero-order valence-electron chi connectivity index (χ0n) is 50.2. The molecule has 28 atom stereocenters. The molecule has 5 heterocycles. The summed E-state index contributed by atoms with van der Waals surface area (Å²) in [6, 6.07) is 0. The molecule has 10 N–H and O–H groups in total. The van der Waals surface area contributed by atoms with Crippen LogP contribution >= 0.6 is 0 Å². The minimum Gasteiger partial charge on any atom is -0.726 e. The van der Waals surface area contributed by atoms with Crippen LogP contribution in [0.1, 0.15) is 120 Å². The quantitative estimate of drug-likeness (QED) is 0.0155. The first-order valence-electron chi connectivity index (χ1n) is 29.3. The standard InChI is InChI=1S/C56H90O27S.Na/c1-24-42(78-48-41(67)44(36(62)29(22-58)76-48)79-47-40(66)43(72-10)35(61)28(21-57)75-47)38(64)39(65)46(74-24)80-45-37(63)30(83-84(69,70)71)23-73-49(45)77-34-15-18-53(7)27-20-33(60)56-32(14-19-54(56,8)26(27)12-13-31(53)52(34,5)6)55(9,82-50(56)68)17-11-16-51(3,4)81-25(2)59;/h20,24,26,28-49,57-58,60-67H,11-19,21-23H2,1-10H3,(H,69,70,71);/q;+1/p-1/t24-,26?,28-,29-,30+,31-,32?,33+,34-,35-,36-,37-,38-,39-,40-,41-,42-,43+,44+,45+,46+,47+,48+,49-,53+,54-,55-,56?;/m0./s1. The molecule has 0 aromatic carbocycles. The van der Waals surface area contributed by atoms with Crippen molar-refractivity contribution >= 4 is 22.3 Å². The van der Waals surface area contributed by atoms with Crippen molar-refractivity contribution in [1.29, 1.82) is 0 Å². The second-order valence-electron chi connectivity index (χ2n) is 26.8. The molecule has 9 rings (SSSR count). The van der Waals surface area contributed by atoms with Crippen LogP contribution in [-0.4, -0.2) is 243 Å². The molecule has 0 amide bonds. The first kappa shape index (κ1) is 69.7. The second-order valence-corrected chi connectivity index (χ2v) is 27.8. The molecule has 5 saturated heterocycles. The third-order valence-corrected chi connectivity index (χ3v) is 21.5. The molecule has 9 aliphatic rings. The van der Waals surface area contributed by atoms with Crippen molar-refractivity contribution in [3.05, 3.63) is 11.6 Å². The van der Waals surface area contributed by atoms with Crippen molar-refractivity contribution in [3.63, 3.8) is 0 Å². The topological polar surface area (TPSA) is 404 Å². The van der Waals surface area contributed by atoms with Crippen molar-refractivity contribution in [2.75, 3.05) is 26.9 Å². The number of ether oxygens (including phenoxy) is 11. The van der Waals surface area contributed by atoms with Gasteiger partial charge in [0, 0.05) is 20.0 Å². The molecule has 8 fully saturated rings. The Morgan fingerprint density at radius 3 is 1.92 bits per heavy atom. The van der Waals surface area contributed by atoms with E-state index in [4.69, 9.17) is 52.1 Å². The predicted molar refractivity (Wildman–Crippen MR) is 281 cm³/mol. The van der Waals surface area contributed by atoms with E-state index in [2.05, 4.69) is 18.0 Å². The van der Waals surface area contributed by atoms with Crippen LogP contribution in [0.4, 0.5) is 0 Å². The van der Waals surface area contributed by atoms with Gasteiger partial charge in [-0.25, -0.2) is 8.42 Å². The van der Waals surface area contributed by atoms with Gasteiger partial charge in [-0.1, -0.05) is 39.3 Å². The molecule has 3 unspecified atom stereocenters. The van der Waals surface area contributed by atoms with E-state index in [0.717, 1.165) is 5.57 Å². The van der Waals surface area contributed by atoms with Crippen LogP contribution in [0, 0.1) is 39.4 Å². The second kappa shape index (κ2) is 25.7. The maximum absolute atomic E-state index is 14.6. The molecule has 0 bridgehead atoms. The molecule has 0 radical (unpaired) electrons. The Morgan fingerprint density at radius 2 is 1.32 bits per heavy atom. The monoisotopic (exact) mass is 1250 g/mol. The number of hydrogen-bond donors (Lipinski definition) is 10. The number of aliphatic hydroxyl groups is 10. The molecule has 5 aliphatic heterocycles. The van der Waals surface area contributed by atoms with Crippen LogP contribution in [0.15, 0.2) is 11.6 Å². The Labute approximate surface area is 517 Å². The van der Waals surface area contributed by atoms with Crippen molar-refractivity contribution < 1.29 is 159 Å². The van der Waals surface area contributed by atoms with Crippen LogP contribution in [0.25, 0.3) is 0 Å². The van der Waals surface area contributed by atoms with E-state index in [1.54, 1.807) is 0 Å². The number of hydrogen-bond acceptors (Lipinski definition) is 27. The van der Waals surface area contributed by atoms with Gasteiger partial charge in [0.25, 0.3) is 0 Å². The number of methoxy groups -OCH3 is 1. The van der Waals surface area contributed by atoms with E-state index >= 15 is 0 Å². The summed E-state index contributed by atoms with van der Waals surface area (Å²) in [4.78, 5) is 26.4. The van der Waals surface area contributed by atoms with Gasteiger partial charge >= 0.3 is 41.5 Å². The minimum atomic E-state index is -5.44. The molecule has 3 saturated carbocycles. The molecule has 1 spiro atoms. The molecule has 4 aliphatic carbocycles. The minimum absolute atomic E-state index is 0. The number of rotatable bonds is 18. The fourth-order valence-electron chi connectivity index (χ4n) is 16.9. The van der Waals surface area contributed by atoms with E-state index in [1.807, 2.05) is 40.7 Å². The summed E-state index contributed by atoms with van der Waals surface area (Å²) < 4.78 is 106. The number of cyclic esters (lactones) is 1. The maximum atomic E-state index is 14.6. The summed E-state index contributed by atoms with van der Waals surface area (Å²) in [7, 11) is -4.26. The fourth-order valence-corrected chi connectivity index (χ4v) is 17.4. The first-order valence-corrected chi connectivity index (χ1v) is 30.7. The summed E-state index contributed by atoms with van der Waals surface area (Å²) in [5.41, 5.74) is -3.49. The molecule has 0 aromatic heterocycles. The Kier molecular flexibility index (Phi) is 21.1. The molecule has 29 heteroatoms. The van der Waals surface area contributed by atoms with Crippen LogP contribution in [0.2, 0.25) is 0 Å². The van der Waals surface area contributed by atoms with Gasteiger partial charge in [-0.15, -0.1) is 0 Å². The summed E-state index contributed by atoms with van der Waals surface area (Å²) in [5, 5.41) is 112. The van der Waals surface area contributed by atoms with Crippen molar-refractivity contribution in [2.24, 2.45) is 39.4 Å². The van der Waals surface area contributed by atoms with Gasteiger partial charge in [0.05, 0.1) is 38.1 Å². The van der Waals surface area contributed by atoms with Crippen molar-refractivity contribution in [2.45, 2.75) is 260 Å². The normalized spacial score (nSPS) is 48.8. The van der Waals surface area contributed by atoms with Gasteiger partial charge in [0.15, 0.2) is 25.2 Å². The van der Waals surface area contributed by atoms with E-state index in [-0.39, 0.29) is 59.2 Å². The van der Waals surface area contributed by atoms with Gasteiger partial charge in [-0.05, 0) is 114 Å². The van der Waals surface area contributed by atoms with E-state index in [9.17, 15) is 73.6 Å². The fraction of sp³-hybridized carbons (Fsp3) is 0.929. The zero-order valence-corrected chi connectivity index (χ0v) is 53.1. The van der Waals surface area contributed by atoms with E-state index in [0.29, 0.717) is 57.8 Å². The molecule has 0 aromatic rings. The Balaban J connectivity index is 0.00000940. The predicted octanol–water partition coefficient (Wildman–Crippen LogP) is -4.16. The van der Waals surface area contributed by atoms with Crippen LogP contribution in [-0.2, 0) is 76.3 Å². The van der Waals surface area contributed by atoms with Gasteiger partial charge in [-0.2, -0.15) is 0 Å². The summed E-state index contributed by atoms with van der Waals surface area (Å²) in [6.07, 6.45) is -26.9. The molecular weight excluding hydrogens is 1160 g/mol. The largest absolute Gasteiger partial charge is 1.00 e. The number of fused-ring (bicyclic) bond motifs is 4. The van der Waals surface area contributed by atoms with Gasteiger partial charge in [0.2, 0.25) is 10.4 Å². The molecule has 85 heavy (non-hydrogen) atoms. The SMILES string of the molecule is CO[C@H]1[C@H](O)[C@@H](O[C@H]2[C@H](O)[C@@H](O[C@@H]3[C@@H](O)[C@H](O)[C@@H](O[C@H]4[C@H](O[C@H]5CC[C@]6(C)C7=C[C@@H](O)C89C(=O)O[C@@](C)(CCCC(C)(C)OC(C)=O)C8CC[C@@]9(C)C7CC[C@H]6C5(C)C)OC[C@@H](OS(=O)(=O)[O-])[C@@H]4O)O[C@H]3C)O[C@@H](CO)[C@@H]2O)O[C@@H](CO)[C@@H]1O.[Na+]. The maximum Gasteiger partial charge on any atom is 1.00 e. The third kappa shape index (κ3) is 12.4. The first-order chi connectivity index (χ1) is 39.1. The average molecular weight is 1250 g/mol. The Hall–Kier alpha value is -1.21. The number of carbonyl (C=O) groups is 2. The molecule has 27 nitrogen and oxygen atoms in total. The molecule has 482 valence electrons. The van der Waals surface area contributed by atoms with E-state index < -0.39 is 192 Å². The van der Waals surface area contributed by atoms with Crippen molar-refractivity contribution in [1.82, 2.24) is 0 Å². The third-order valence-electron chi connectivity index (χ3n) is 21.0. The van der Waals surface area contributed by atoms with Crippen LogP contribution in [0.5, 0.6) is 0 Å². The van der Waals surface area contributed by atoms with Crippen LogP contribution < -0.4 is 29.6 Å². The average Bonchev–Trinajstić information content (AvgIpc) is 1.57. The van der Waals surface area contributed by atoms with Gasteiger partial charge < -0.3 is 108 Å². The number of esters is 2.